The summed E-state index contributed by atoms with van der Waals surface area (Å²) >= 11 is 6.29. The summed E-state index contributed by atoms with van der Waals surface area (Å²) in [7, 11) is 0. The number of nitrogens with one attached hydrogen (secondary N) is 2. The van der Waals surface area contributed by atoms with E-state index in [-0.39, 0.29) is 24.9 Å². The average Bonchev–Trinajstić information content (AvgIpc) is 3.15. The number of rotatable bonds is 7. The van der Waals surface area contributed by atoms with Crippen LogP contribution in [-0.4, -0.2) is 32.1 Å². The van der Waals surface area contributed by atoms with Crippen LogP contribution in [0.1, 0.15) is 12.8 Å². The molecule has 6 heteroatoms. The maximum Gasteiger partial charge on any atom is 0.257 e. The molecule has 1 unspecified atom stereocenters. The lowest BCUT2D eigenvalue weighted by atomic mass is 10.1. The normalized spacial score (nSPS) is 16.0. The van der Waals surface area contributed by atoms with Gasteiger partial charge in [0.15, 0.2) is 6.61 Å². The highest BCUT2D eigenvalue weighted by atomic mass is 35.5. The van der Waals surface area contributed by atoms with E-state index in [1.807, 2.05) is 48.5 Å². The number of carbonyl (C=O) groups excluding carboxylic acids is 1. The van der Waals surface area contributed by atoms with Gasteiger partial charge in [-0.15, -0.1) is 12.4 Å². The number of hydrogen-bond donors (Lipinski definition) is 2. The molecule has 140 valence electrons. The summed E-state index contributed by atoms with van der Waals surface area (Å²) in [5, 5.41) is 6.74. The Kier molecular flexibility index (Phi) is 8.23. The Balaban J connectivity index is 0.00000243. The van der Waals surface area contributed by atoms with Crippen molar-refractivity contribution in [2.45, 2.75) is 12.8 Å². The Labute approximate surface area is 165 Å². The molecular formula is C20H24Cl2N2O2. The number of ether oxygens (including phenoxy) is 1. The zero-order valence-corrected chi connectivity index (χ0v) is 16.1. The zero-order chi connectivity index (χ0) is 17.5. The second-order valence-corrected chi connectivity index (χ2v) is 6.70. The molecule has 2 aromatic rings. The number of amides is 1. The molecule has 2 N–H and O–H groups in total. The molecule has 0 radical (unpaired) electrons. The van der Waals surface area contributed by atoms with Gasteiger partial charge in [0.2, 0.25) is 0 Å². The van der Waals surface area contributed by atoms with Gasteiger partial charge in [-0.05, 0) is 55.1 Å². The van der Waals surface area contributed by atoms with Crippen molar-refractivity contribution in [1.29, 1.82) is 0 Å². The van der Waals surface area contributed by atoms with Crippen molar-refractivity contribution in [3.63, 3.8) is 0 Å². The molecule has 3 rings (SSSR count). The first-order valence-corrected chi connectivity index (χ1v) is 9.05. The van der Waals surface area contributed by atoms with Gasteiger partial charge in [0, 0.05) is 6.54 Å². The fraction of sp³-hybridized carbons (Fsp3) is 0.350. The quantitative estimate of drug-likeness (QED) is 0.747. The van der Waals surface area contributed by atoms with Crippen LogP contribution in [0.3, 0.4) is 0 Å². The van der Waals surface area contributed by atoms with Crippen molar-refractivity contribution in [3.8, 4) is 16.9 Å². The minimum Gasteiger partial charge on any atom is -0.482 e. The Morgan fingerprint density at radius 3 is 2.69 bits per heavy atom. The van der Waals surface area contributed by atoms with Crippen LogP contribution in [0.2, 0.25) is 5.02 Å². The first-order valence-electron chi connectivity index (χ1n) is 8.67. The van der Waals surface area contributed by atoms with Crippen LogP contribution in [0, 0.1) is 5.92 Å². The van der Waals surface area contributed by atoms with Crippen molar-refractivity contribution >= 4 is 29.9 Å². The lowest BCUT2D eigenvalue weighted by molar-refractivity contribution is -0.123. The molecule has 0 aliphatic carbocycles. The van der Waals surface area contributed by atoms with E-state index in [0.29, 0.717) is 23.2 Å². The molecule has 1 amide bonds. The van der Waals surface area contributed by atoms with Crippen LogP contribution >= 0.6 is 24.0 Å². The van der Waals surface area contributed by atoms with Gasteiger partial charge in [-0.25, -0.2) is 0 Å². The van der Waals surface area contributed by atoms with Gasteiger partial charge < -0.3 is 15.4 Å². The van der Waals surface area contributed by atoms with Gasteiger partial charge in [-0.2, -0.15) is 0 Å². The maximum atomic E-state index is 11.9. The summed E-state index contributed by atoms with van der Waals surface area (Å²) in [6, 6.07) is 15.6. The molecule has 0 aromatic heterocycles. The fourth-order valence-electron chi connectivity index (χ4n) is 3.00. The molecule has 4 nitrogen and oxygen atoms in total. The number of benzene rings is 2. The predicted octanol–water partition coefficient (Wildman–Crippen LogP) is 3.92. The second kappa shape index (κ2) is 10.4. The third-order valence-electron chi connectivity index (χ3n) is 4.43. The van der Waals surface area contributed by atoms with Crippen molar-refractivity contribution in [2.24, 2.45) is 5.92 Å². The fourth-order valence-corrected chi connectivity index (χ4v) is 3.23. The zero-order valence-electron chi connectivity index (χ0n) is 14.5. The van der Waals surface area contributed by atoms with E-state index in [1.165, 1.54) is 6.42 Å². The summed E-state index contributed by atoms with van der Waals surface area (Å²) in [6.07, 6.45) is 2.20. The molecule has 1 aliphatic heterocycles. The first kappa shape index (κ1) is 20.6. The molecule has 0 bridgehead atoms. The topological polar surface area (TPSA) is 50.4 Å². The van der Waals surface area contributed by atoms with Gasteiger partial charge in [-0.1, -0.05) is 48.0 Å². The average molecular weight is 395 g/mol. The highest BCUT2D eigenvalue weighted by Gasteiger charge is 2.14. The van der Waals surface area contributed by atoms with Crippen LogP contribution in [0.25, 0.3) is 11.1 Å². The van der Waals surface area contributed by atoms with Gasteiger partial charge in [0.25, 0.3) is 5.91 Å². The molecule has 1 aliphatic rings. The Morgan fingerprint density at radius 1 is 1.19 bits per heavy atom. The Morgan fingerprint density at radius 2 is 2.00 bits per heavy atom. The van der Waals surface area contributed by atoms with Crippen LogP contribution in [0.4, 0.5) is 0 Å². The molecular weight excluding hydrogens is 371 g/mol. The lowest BCUT2D eigenvalue weighted by Crippen LogP contribution is -2.30. The molecule has 1 fully saturated rings. The third kappa shape index (κ3) is 5.90. The number of hydrogen-bond acceptors (Lipinski definition) is 3. The van der Waals surface area contributed by atoms with Gasteiger partial charge in [-0.3, -0.25) is 4.79 Å². The first-order chi connectivity index (χ1) is 12.2. The van der Waals surface area contributed by atoms with E-state index in [9.17, 15) is 4.79 Å². The third-order valence-corrected chi connectivity index (χ3v) is 4.73. The van der Waals surface area contributed by atoms with Crippen LogP contribution in [0.5, 0.6) is 5.75 Å². The van der Waals surface area contributed by atoms with Gasteiger partial charge in [0.05, 0.1) is 5.02 Å². The standard InChI is InChI=1S/C20H23ClN2O2.ClH/c21-18-12-17(16-4-2-1-3-5-16)6-7-19(18)25-14-20(24)23-11-9-15-8-10-22-13-15;/h1-7,12,15,22H,8-11,13-14H2,(H,23,24);1H. The van der Waals surface area contributed by atoms with Crippen LogP contribution in [0.15, 0.2) is 48.5 Å². The summed E-state index contributed by atoms with van der Waals surface area (Å²) in [5.41, 5.74) is 2.11. The summed E-state index contributed by atoms with van der Waals surface area (Å²) < 4.78 is 5.56. The monoisotopic (exact) mass is 394 g/mol. The molecule has 1 heterocycles. The van der Waals surface area contributed by atoms with E-state index < -0.39 is 0 Å². The molecule has 2 aromatic carbocycles. The minimum atomic E-state index is -0.117. The Bertz CT molecular complexity index is 704. The predicted molar refractivity (Wildman–Crippen MR) is 108 cm³/mol. The minimum absolute atomic E-state index is 0. The molecule has 1 atom stereocenters. The lowest BCUT2D eigenvalue weighted by Gasteiger charge is -2.11. The smallest absolute Gasteiger partial charge is 0.257 e. The van der Waals surface area contributed by atoms with E-state index in [4.69, 9.17) is 16.3 Å². The van der Waals surface area contributed by atoms with E-state index in [2.05, 4.69) is 10.6 Å². The highest BCUT2D eigenvalue weighted by Crippen LogP contribution is 2.30. The highest BCUT2D eigenvalue weighted by molar-refractivity contribution is 6.32. The van der Waals surface area contributed by atoms with E-state index in [1.54, 1.807) is 0 Å². The van der Waals surface area contributed by atoms with Crippen molar-refractivity contribution in [1.82, 2.24) is 10.6 Å². The summed E-state index contributed by atoms with van der Waals surface area (Å²) in [5.74, 6) is 1.08. The van der Waals surface area contributed by atoms with E-state index in [0.717, 1.165) is 30.6 Å². The number of carbonyl (C=O) groups is 1. The largest absolute Gasteiger partial charge is 0.482 e. The molecule has 1 saturated heterocycles. The summed E-state index contributed by atoms with van der Waals surface area (Å²) in [6.45, 7) is 2.80. The van der Waals surface area contributed by atoms with Crippen molar-refractivity contribution in [2.75, 3.05) is 26.2 Å². The van der Waals surface area contributed by atoms with Crippen molar-refractivity contribution in [3.05, 3.63) is 53.6 Å². The van der Waals surface area contributed by atoms with Gasteiger partial charge in [0.1, 0.15) is 5.75 Å². The van der Waals surface area contributed by atoms with Crippen LogP contribution < -0.4 is 15.4 Å². The maximum absolute atomic E-state index is 11.9. The molecule has 0 spiro atoms. The Hall–Kier alpha value is -1.75. The molecule has 26 heavy (non-hydrogen) atoms. The molecule has 0 saturated carbocycles. The number of halogens is 2. The van der Waals surface area contributed by atoms with Crippen LogP contribution in [-0.2, 0) is 4.79 Å². The SMILES string of the molecule is Cl.O=C(COc1ccc(-c2ccccc2)cc1Cl)NCCC1CCNC1. The van der Waals surface area contributed by atoms with Gasteiger partial charge >= 0.3 is 0 Å². The van der Waals surface area contributed by atoms with E-state index >= 15 is 0 Å². The van der Waals surface area contributed by atoms with Crippen molar-refractivity contribution < 1.29 is 9.53 Å². The summed E-state index contributed by atoms with van der Waals surface area (Å²) in [4.78, 5) is 11.9. The second-order valence-electron chi connectivity index (χ2n) is 6.30.